The van der Waals surface area contributed by atoms with Crippen LogP contribution in [-0.4, -0.2) is 5.11 Å². The van der Waals surface area contributed by atoms with Gasteiger partial charge in [-0.2, -0.15) is 13.2 Å². The molecule has 0 amide bonds. The molecule has 4 heteroatoms. The average molecular weight is 350 g/mol. The van der Waals surface area contributed by atoms with Crippen LogP contribution in [0, 0.1) is 6.92 Å². The quantitative estimate of drug-likeness (QED) is 0.552. The van der Waals surface area contributed by atoms with E-state index in [1.807, 2.05) is 25.1 Å². The fraction of sp³-hybridized carbons (Fsp3) is 0.429. The van der Waals surface area contributed by atoms with Crippen molar-refractivity contribution in [3.05, 3.63) is 59.2 Å². The van der Waals surface area contributed by atoms with E-state index in [1.165, 1.54) is 18.6 Å². The largest absolute Gasteiger partial charge is 0.416 e. The Bertz CT molecular complexity index is 675. The third-order valence-corrected chi connectivity index (χ3v) is 4.49. The Hall–Kier alpha value is -1.81. The standard InChI is InChI=1S/C21H25F3O/c1-3-4-5-6-7-20(25)17-10-13-19(15(2)14-17)16-8-11-18(12-9-16)21(22,23)24/h8-14,20,25H,3-7H2,1-2H3. The number of aliphatic hydroxyl groups excluding tert-OH is 1. The van der Waals surface area contributed by atoms with Crippen molar-refractivity contribution in [3.8, 4) is 11.1 Å². The van der Waals surface area contributed by atoms with Crippen molar-refractivity contribution >= 4 is 0 Å². The SMILES string of the molecule is CCCCCCC(O)c1ccc(-c2ccc(C(F)(F)F)cc2)c(C)c1. The zero-order valence-corrected chi connectivity index (χ0v) is 14.7. The van der Waals surface area contributed by atoms with Crippen LogP contribution in [0.2, 0.25) is 0 Å². The zero-order chi connectivity index (χ0) is 18.4. The number of aryl methyl sites for hydroxylation is 1. The molecule has 0 bridgehead atoms. The van der Waals surface area contributed by atoms with E-state index in [0.717, 1.165) is 60.1 Å². The predicted molar refractivity (Wildman–Crippen MR) is 95.3 cm³/mol. The van der Waals surface area contributed by atoms with Gasteiger partial charge in [0.15, 0.2) is 0 Å². The molecule has 25 heavy (non-hydrogen) atoms. The molecule has 0 spiro atoms. The first-order chi connectivity index (χ1) is 11.8. The molecule has 0 aromatic heterocycles. The summed E-state index contributed by atoms with van der Waals surface area (Å²) in [6.45, 7) is 4.07. The van der Waals surface area contributed by atoms with Crippen molar-refractivity contribution in [2.75, 3.05) is 0 Å². The first-order valence-corrected chi connectivity index (χ1v) is 8.79. The highest BCUT2D eigenvalue weighted by Gasteiger charge is 2.30. The van der Waals surface area contributed by atoms with Crippen LogP contribution < -0.4 is 0 Å². The van der Waals surface area contributed by atoms with Crippen molar-refractivity contribution in [3.63, 3.8) is 0 Å². The summed E-state index contributed by atoms with van der Waals surface area (Å²) in [7, 11) is 0. The number of hydrogen-bond acceptors (Lipinski definition) is 1. The third-order valence-electron chi connectivity index (χ3n) is 4.49. The maximum atomic E-state index is 12.7. The van der Waals surface area contributed by atoms with Gasteiger partial charge in [0.25, 0.3) is 0 Å². The second kappa shape index (κ2) is 8.52. The van der Waals surface area contributed by atoms with E-state index >= 15 is 0 Å². The Balaban J connectivity index is 2.11. The number of alkyl halides is 3. The van der Waals surface area contributed by atoms with Gasteiger partial charge in [-0.1, -0.05) is 62.9 Å². The first kappa shape index (κ1) is 19.5. The second-order valence-electron chi connectivity index (χ2n) is 6.51. The van der Waals surface area contributed by atoms with Gasteiger partial charge in [-0.05, 0) is 47.7 Å². The van der Waals surface area contributed by atoms with Gasteiger partial charge in [-0.3, -0.25) is 0 Å². The van der Waals surface area contributed by atoms with Crippen LogP contribution in [0.1, 0.15) is 61.8 Å². The molecule has 1 nitrogen and oxygen atoms in total. The molecule has 0 aliphatic carbocycles. The van der Waals surface area contributed by atoms with Gasteiger partial charge in [0.2, 0.25) is 0 Å². The van der Waals surface area contributed by atoms with E-state index in [-0.39, 0.29) is 0 Å². The second-order valence-corrected chi connectivity index (χ2v) is 6.51. The Kier molecular flexibility index (Phi) is 6.65. The smallest absolute Gasteiger partial charge is 0.388 e. The van der Waals surface area contributed by atoms with Crippen molar-refractivity contribution < 1.29 is 18.3 Å². The molecular formula is C21H25F3O. The first-order valence-electron chi connectivity index (χ1n) is 8.79. The number of rotatable bonds is 7. The monoisotopic (exact) mass is 350 g/mol. The summed E-state index contributed by atoms with van der Waals surface area (Å²) in [5.41, 5.74) is 2.80. The van der Waals surface area contributed by atoms with Gasteiger partial charge in [0.1, 0.15) is 0 Å². The Morgan fingerprint density at radius 2 is 1.64 bits per heavy atom. The molecule has 0 saturated carbocycles. The van der Waals surface area contributed by atoms with E-state index < -0.39 is 17.8 Å². The fourth-order valence-corrected chi connectivity index (χ4v) is 2.99. The lowest BCUT2D eigenvalue weighted by atomic mass is 9.94. The van der Waals surface area contributed by atoms with Crippen molar-refractivity contribution in [1.29, 1.82) is 0 Å². The Morgan fingerprint density at radius 3 is 2.20 bits per heavy atom. The minimum Gasteiger partial charge on any atom is -0.388 e. The molecule has 0 fully saturated rings. The number of benzene rings is 2. The summed E-state index contributed by atoms with van der Waals surface area (Å²) in [6, 6.07) is 10.9. The molecule has 2 aromatic carbocycles. The summed E-state index contributed by atoms with van der Waals surface area (Å²) < 4.78 is 38.0. The van der Waals surface area contributed by atoms with Gasteiger partial charge >= 0.3 is 6.18 Å². The fourth-order valence-electron chi connectivity index (χ4n) is 2.99. The van der Waals surface area contributed by atoms with Crippen LogP contribution in [0.25, 0.3) is 11.1 Å². The van der Waals surface area contributed by atoms with Crippen molar-refractivity contribution in [2.45, 2.75) is 58.2 Å². The number of hydrogen-bond donors (Lipinski definition) is 1. The molecular weight excluding hydrogens is 325 g/mol. The lowest BCUT2D eigenvalue weighted by Gasteiger charge is -2.14. The minimum absolute atomic E-state index is 0.489. The summed E-state index contributed by atoms with van der Waals surface area (Å²) in [6.07, 6.45) is 0.385. The molecule has 0 saturated heterocycles. The topological polar surface area (TPSA) is 20.2 Å². The molecule has 0 aliphatic heterocycles. The van der Waals surface area contributed by atoms with Crippen LogP contribution in [-0.2, 0) is 6.18 Å². The van der Waals surface area contributed by atoms with Gasteiger partial charge in [0.05, 0.1) is 11.7 Å². The highest BCUT2D eigenvalue weighted by molar-refractivity contribution is 5.68. The number of halogens is 3. The summed E-state index contributed by atoms with van der Waals surface area (Å²) >= 11 is 0. The van der Waals surface area contributed by atoms with Crippen LogP contribution in [0.5, 0.6) is 0 Å². The Labute approximate surface area is 147 Å². The molecule has 1 N–H and O–H groups in total. The molecule has 0 aliphatic rings. The average Bonchev–Trinajstić information content (AvgIpc) is 2.58. The van der Waals surface area contributed by atoms with E-state index in [4.69, 9.17) is 0 Å². The minimum atomic E-state index is -4.32. The highest BCUT2D eigenvalue weighted by atomic mass is 19.4. The molecule has 0 radical (unpaired) electrons. The van der Waals surface area contributed by atoms with Gasteiger partial charge in [0, 0.05) is 0 Å². The van der Waals surface area contributed by atoms with E-state index in [9.17, 15) is 18.3 Å². The lowest BCUT2D eigenvalue weighted by molar-refractivity contribution is -0.137. The van der Waals surface area contributed by atoms with Crippen LogP contribution in [0.4, 0.5) is 13.2 Å². The lowest BCUT2D eigenvalue weighted by Crippen LogP contribution is -2.04. The maximum absolute atomic E-state index is 12.7. The molecule has 2 rings (SSSR count). The van der Waals surface area contributed by atoms with Crippen molar-refractivity contribution in [1.82, 2.24) is 0 Å². The highest BCUT2D eigenvalue weighted by Crippen LogP contribution is 2.32. The molecule has 136 valence electrons. The predicted octanol–water partition coefficient (Wildman–Crippen LogP) is 6.68. The normalized spacial score (nSPS) is 13.0. The third kappa shape index (κ3) is 5.33. The van der Waals surface area contributed by atoms with Gasteiger partial charge < -0.3 is 5.11 Å². The van der Waals surface area contributed by atoms with E-state index in [1.54, 1.807) is 0 Å². The van der Waals surface area contributed by atoms with Crippen LogP contribution in [0.15, 0.2) is 42.5 Å². The van der Waals surface area contributed by atoms with E-state index in [2.05, 4.69) is 6.92 Å². The maximum Gasteiger partial charge on any atom is 0.416 e. The van der Waals surface area contributed by atoms with Crippen molar-refractivity contribution in [2.24, 2.45) is 0 Å². The number of unbranched alkanes of at least 4 members (excludes halogenated alkanes) is 3. The molecule has 0 heterocycles. The molecule has 1 atom stereocenters. The van der Waals surface area contributed by atoms with Crippen LogP contribution in [0.3, 0.4) is 0 Å². The number of aliphatic hydroxyl groups is 1. The molecule has 2 aromatic rings. The van der Waals surface area contributed by atoms with Gasteiger partial charge in [-0.15, -0.1) is 0 Å². The molecule has 1 unspecified atom stereocenters. The van der Waals surface area contributed by atoms with Gasteiger partial charge in [-0.25, -0.2) is 0 Å². The Morgan fingerprint density at radius 1 is 0.960 bits per heavy atom. The summed E-state index contributed by atoms with van der Waals surface area (Å²) in [5, 5.41) is 10.3. The van der Waals surface area contributed by atoms with Crippen LogP contribution >= 0.6 is 0 Å². The zero-order valence-electron chi connectivity index (χ0n) is 14.7. The summed E-state index contributed by atoms with van der Waals surface area (Å²) in [4.78, 5) is 0. The van der Waals surface area contributed by atoms with E-state index in [0.29, 0.717) is 0 Å². The summed E-state index contributed by atoms with van der Waals surface area (Å²) in [5.74, 6) is 0.